The van der Waals surface area contributed by atoms with Gasteiger partial charge in [0.1, 0.15) is 0 Å². The molecule has 0 aliphatic carbocycles. The van der Waals surface area contributed by atoms with Crippen LogP contribution in [-0.2, 0) is 9.53 Å². The normalized spacial score (nSPS) is 13.3. The first-order chi connectivity index (χ1) is 11.6. The van der Waals surface area contributed by atoms with Gasteiger partial charge in [0.25, 0.3) is 11.8 Å². The number of hydrogen-bond donors (Lipinski definition) is 0. The van der Waals surface area contributed by atoms with Gasteiger partial charge >= 0.3 is 5.97 Å². The van der Waals surface area contributed by atoms with Crippen molar-refractivity contribution in [1.82, 2.24) is 4.90 Å². The summed E-state index contributed by atoms with van der Waals surface area (Å²) < 4.78 is 4.65. The van der Waals surface area contributed by atoms with Gasteiger partial charge in [-0.25, -0.2) is 0 Å². The molecule has 2 amide bonds. The average Bonchev–Trinajstić information content (AvgIpc) is 2.61. The van der Waals surface area contributed by atoms with Crippen molar-refractivity contribution in [2.24, 2.45) is 0 Å². The number of imide groups is 1. The van der Waals surface area contributed by atoms with E-state index in [1.165, 1.54) is 29.8 Å². The summed E-state index contributed by atoms with van der Waals surface area (Å²) in [7, 11) is 1.34. The van der Waals surface area contributed by atoms with Crippen LogP contribution in [0.4, 0.5) is 0 Å². The summed E-state index contributed by atoms with van der Waals surface area (Å²) in [6.45, 7) is 3.77. The third-order valence-electron chi connectivity index (χ3n) is 3.84. The number of nitrogens with zero attached hydrogens (tertiary/aromatic N) is 1. The summed E-state index contributed by atoms with van der Waals surface area (Å²) in [5.41, 5.74) is 0.980. The van der Waals surface area contributed by atoms with Gasteiger partial charge < -0.3 is 4.74 Å². The molecule has 0 fully saturated rings. The minimum absolute atomic E-state index is 0.166. The lowest BCUT2D eigenvalue weighted by molar-refractivity contribution is -0.137. The number of carbonyl (C=O) groups excluding carboxylic acids is 3. The maximum Gasteiger partial charge on any atom is 0.315 e. The predicted molar refractivity (Wildman–Crippen MR) is 92.3 cm³/mol. The lowest BCUT2D eigenvalue weighted by Crippen LogP contribution is -2.40. The first-order valence-electron chi connectivity index (χ1n) is 7.31. The number of methoxy groups -OCH3 is 1. The standard InChI is InChI=1S/C18H15NO4S/c1-3-9-19-17(21)12-6-4-5-11-14(24-10-15(20)23-2)8-7-13(16(11)12)18(19)22/h3-8H,1,9-10H2,2H3. The van der Waals surface area contributed by atoms with Crippen LogP contribution < -0.4 is 0 Å². The van der Waals surface area contributed by atoms with E-state index in [0.717, 1.165) is 10.3 Å². The smallest absolute Gasteiger partial charge is 0.315 e. The van der Waals surface area contributed by atoms with Crippen molar-refractivity contribution in [2.45, 2.75) is 4.90 Å². The zero-order valence-electron chi connectivity index (χ0n) is 13.1. The molecule has 0 saturated heterocycles. The molecular formula is C18H15NO4S. The fraction of sp³-hybridized carbons (Fsp3) is 0.167. The lowest BCUT2D eigenvalue weighted by atomic mass is 9.94. The summed E-state index contributed by atoms with van der Waals surface area (Å²) in [5, 5.41) is 1.43. The molecule has 0 spiro atoms. The molecule has 1 aliphatic heterocycles. The van der Waals surface area contributed by atoms with Gasteiger partial charge in [0.15, 0.2) is 0 Å². The summed E-state index contributed by atoms with van der Waals surface area (Å²) >= 11 is 1.32. The van der Waals surface area contributed by atoms with Gasteiger partial charge in [-0.3, -0.25) is 19.3 Å². The number of benzene rings is 2. The highest BCUT2D eigenvalue weighted by atomic mass is 32.2. The highest BCUT2D eigenvalue weighted by Gasteiger charge is 2.32. The molecule has 0 radical (unpaired) electrons. The molecule has 6 heteroatoms. The van der Waals surface area contributed by atoms with Gasteiger partial charge in [-0.05, 0) is 23.6 Å². The predicted octanol–water partition coefficient (Wildman–Crippen LogP) is 2.89. The Labute approximate surface area is 143 Å². The second-order valence-electron chi connectivity index (χ2n) is 5.21. The van der Waals surface area contributed by atoms with Gasteiger partial charge in [-0.2, -0.15) is 0 Å². The van der Waals surface area contributed by atoms with Crippen LogP contribution in [0.1, 0.15) is 20.7 Å². The van der Waals surface area contributed by atoms with Crippen LogP contribution in [0.5, 0.6) is 0 Å². The minimum atomic E-state index is -0.329. The highest BCUT2D eigenvalue weighted by molar-refractivity contribution is 8.00. The summed E-state index contributed by atoms with van der Waals surface area (Å²) in [6, 6.07) is 8.85. The van der Waals surface area contributed by atoms with Crippen molar-refractivity contribution in [1.29, 1.82) is 0 Å². The monoisotopic (exact) mass is 341 g/mol. The van der Waals surface area contributed by atoms with Crippen molar-refractivity contribution >= 4 is 40.3 Å². The SMILES string of the molecule is C=CCN1C(=O)c2cccc3c(SCC(=O)OC)ccc(c23)C1=O. The van der Waals surface area contributed by atoms with Gasteiger partial charge in [0, 0.05) is 28.0 Å². The van der Waals surface area contributed by atoms with Crippen molar-refractivity contribution in [2.75, 3.05) is 19.4 Å². The van der Waals surface area contributed by atoms with Crippen LogP contribution in [0.25, 0.3) is 10.8 Å². The second kappa shape index (κ2) is 6.49. The van der Waals surface area contributed by atoms with E-state index in [2.05, 4.69) is 11.3 Å². The van der Waals surface area contributed by atoms with E-state index >= 15 is 0 Å². The lowest BCUT2D eigenvalue weighted by Gasteiger charge is -2.26. The zero-order chi connectivity index (χ0) is 17.3. The summed E-state index contributed by atoms with van der Waals surface area (Å²) in [5.74, 6) is -0.814. The third kappa shape index (κ3) is 2.59. The molecule has 2 aromatic carbocycles. The molecule has 0 aromatic heterocycles. The Kier molecular flexibility index (Phi) is 4.40. The molecular weight excluding hydrogens is 326 g/mol. The van der Waals surface area contributed by atoms with Crippen LogP contribution >= 0.6 is 11.8 Å². The zero-order valence-corrected chi connectivity index (χ0v) is 13.9. The fourth-order valence-electron chi connectivity index (χ4n) is 2.74. The van der Waals surface area contributed by atoms with E-state index in [0.29, 0.717) is 16.5 Å². The maximum atomic E-state index is 12.6. The van der Waals surface area contributed by atoms with Crippen LogP contribution in [0.2, 0.25) is 0 Å². The first kappa shape index (κ1) is 16.3. The summed E-state index contributed by atoms with van der Waals surface area (Å²) in [6.07, 6.45) is 1.53. The largest absolute Gasteiger partial charge is 0.468 e. The van der Waals surface area contributed by atoms with Crippen LogP contribution in [0.15, 0.2) is 47.9 Å². The van der Waals surface area contributed by atoms with Gasteiger partial charge in [-0.15, -0.1) is 18.3 Å². The molecule has 3 rings (SSSR count). The Balaban J connectivity index is 2.13. The van der Waals surface area contributed by atoms with Crippen molar-refractivity contribution in [3.8, 4) is 0 Å². The molecule has 0 N–H and O–H groups in total. The number of amides is 2. The topological polar surface area (TPSA) is 63.7 Å². The maximum absolute atomic E-state index is 12.6. The van der Waals surface area contributed by atoms with E-state index in [1.807, 2.05) is 6.07 Å². The second-order valence-corrected chi connectivity index (χ2v) is 6.23. The Bertz CT molecular complexity index is 852. The van der Waals surface area contributed by atoms with Crippen molar-refractivity contribution in [3.63, 3.8) is 0 Å². The van der Waals surface area contributed by atoms with Crippen molar-refractivity contribution < 1.29 is 19.1 Å². The molecule has 0 saturated carbocycles. The molecule has 24 heavy (non-hydrogen) atoms. The molecule has 1 heterocycles. The Morgan fingerprint density at radius 3 is 2.58 bits per heavy atom. The molecule has 0 atom stereocenters. The van der Waals surface area contributed by atoms with Gasteiger partial charge in [-0.1, -0.05) is 18.2 Å². The number of hydrogen-bond acceptors (Lipinski definition) is 5. The van der Waals surface area contributed by atoms with E-state index in [9.17, 15) is 14.4 Å². The number of esters is 1. The fourth-order valence-corrected chi connectivity index (χ4v) is 3.62. The number of thioether (sulfide) groups is 1. The Morgan fingerprint density at radius 1 is 1.21 bits per heavy atom. The number of ether oxygens (including phenoxy) is 1. The molecule has 122 valence electrons. The van der Waals surface area contributed by atoms with Crippen LogP contribution in [-0.4, -0.2) is 42.1 Å². The summed E-state index contributed by atoms with van der Waals surface area (Å²) in [4.78, 5) is 38.6. The average molecular weight is 341 g/mol. The van der Waals surface area contributed by atoms with E-state index < -0.39 is 0 Å². The van der Waals surface area contributed by atoms with Crippen LogP contribution in [0.3, 0.4) is 0 Å². The molecule has 0 unspecified atom stereocenters. The van der Waals surface area contributed by atoms with E-state index in [-0.39, 0.29) is 30.1 Å². The third-order valence-corrected chi connectivity index (χ3v) is 4.88. The molecule has 1 aliphatic rings. The minimum Gasteiger partial charge on any atom is -0.468 e. The van der Waals surface area contributed by atoms with Crippen molar-refractivity contribution in [3.05, 3.63) is 54.1 Å². The molecule has 5 nitrogen and oxygen atoms in total. The Hall–Kier alpha value is -2.60. The molecule has 2 aromatic rings. The van der Waals surface area contributed by atoms with Gasteiger partial charge in [0.05, 0.1) is 12.9 Å². The number of carbonyl (C=O) groups is 3. The first-order valence-corrected chi connectivity index (χ1v) is 8.29. The van der Waals surface area contributed by atoms with Gasteiger partial charge in [0.2, 0.25) is 0 Å². The number of rotatable bonds is 5. The van der Waals surface area contributed by atoms with E-state index in [1.54, 1.807) is 24.3 Å². The van der Waals surface area contributed by atoms with Crippen LogP contribution in [0, 0.1) is 0 Å². The molecule has 0 bridgehead atoms. The quantitative estimate of drug-likeness (QED) is 0.362. The highest BCUT2D eigenvalue weighted by Crippen LogP contribution is 2.36. The Morgan fingerprint density at radius 2 is 1.92 bits per heavy atom. The van der Waals surface area contributed by atoms with E-state index in [4.69, 9.17) is 0 Å².